The van der Waals surface area contributed by atoms with Crippen molar-refractivity contribution in [1.82, 2.24) is 14.5 Å². The second-order valence-electron chi connectivity index (χ2n) is 8.23. The van der Waals surface area contributed by atoms with Crippen LogP contribution < -0.4 is 4.90 Å². The van der Waals surface area contributed by atoms with E-state index >= 15 is 0 Å². The van der Waals surface area contributed by atoms with Crippen LogP contribution in [0.5, 0.6) is 0 Å². The van der Waals surface area contributed by atoms with Crippen LogP contribution in [0.25, 0.3) is 10.2 Å². The molecule has 0 bridgehead atoms. The van der Waals surface area contributed by atoms with Gasteiger partial charge < -0.3 is 4.57 Å². The predicted molar refractivity (Wildman–Crippen MR) is 135 cm³/mol. The number of fused-ring (bicyclic) bond motifs is 1. The number of imidazole rings is 1. The summed E-state index contributed by atoms with van der Waals surface area (Å²) in [6.45, 7) is 9.92. The summed E-state index contributed by atoms with van der Waals surface area (Å²) in [6.07, 6.45) is 6.35. The van der Waals surface area contributed by atoms with Crippen LogP contribution in [-0.2, 0) is 6.54 Å². The number of amides is 1. The first-order valence-corrected chi connectivity index (χ1v) is 12.5. The number of hydrogen-bond acceptors (Lipinski definition) is 5. The van der Waals surface area contributed by atoms with E-state index in [1.165, 1.54) is 16.0 Å². The molecule has 0 radical (unpaired) electrons. The molecule has 0 fully saturated rings. The fraction of sp³-hybridized carbons (Fsp3) is 0.320. The van der Waals surface area contributed by atoms with Crippen molar-refractivity contribution in [3.8, 4) is 0 Å². The van der Waals surface area contributed by atoms with Gasteiger partial charge in [0.1, 0.15) is 0 Å². The van der Waals surface area contributed by atoms with E-state index in [1.807, 2.05) is 39.9 Å². The number of thiazole rings is 1. The summed E-state index contributed by atoms with van der Waals surface area (Å²) < 4.78 is 3.17. The summed E-state index contributed by atoms with van der Waals surface area (Å²) in [4.78, 5) is 25.5. The molecule has 32 heavy (non-hydrogen) atoms. The summed E-state index contributed by atoms with van der Waals surface area (Å²) in [6, 6.07) is 12.2. The lowest BCUT2D eigenvalue weighted by atomic mass is 10.1. The van der Waals surface area contributed by atoms with E-state index in [4.69, 9.17) is 4.98 Å². The van der Waals surface area contributed by atoms with Gasteiger partial charge in [-0.2, -0.15) is 0 Å². The Morgan fingerprint density at radius 2 is 1.97 bits per heavy atom. The molecule has 4 rings (SSSR count). The van der Waals surface area contributed by atoms with E-state index in [1.54, 1.807) is 35.6 Å². The highest BCUT2D eigenvalue weighted by Gasteiger charge is 2.22. The van der Waals surface area contributed by atoms with Crippen molar-refractivity contribution in [3.05, 3.63) is 71.8 Å². The van der Waals surface area contributed by atoms with Gasteiger partial charge in [0.05, 0.1) is 16.5 Å². The van der Waals surface area contributed by atoms with Crippen molar-refractivity contribution in [1.29, 1.82) is 0 Å². The molecule has 2 heterocycles. The average Bonchev–Trinajstić information content (AvgIpc) is 3.41. The molecule has 0 aliphatic rings. The maximum Gasteiger partial charge on any atom is 0.260 e. The fourth-order valence-corrected chi connectivity index (χ4v) is 5.58. The van der Waals surface area contributed by atoms with E-state index in [-0.39, 0.29) is 5.91 Å². The molecule has 0 N–H and O–H groups in total. The number of benzene rings is 2. The fourth-order valence-electron chi connectivity index (χ4n) is 3.70. The van der Waals surface area contributed by atoms with Crippen molar-refractivity contribution in [2.75, 3.05) is 11.4 Å². The Morgan fingerprint density at radius 1 is 1.19 bits per heavy atom. The lowest BCUT2D eigenvalue weighted by Crippen LogP contribution is -2.32. The van der Waals surface area contributed by atoms with Gasteiger partial charge in [-0.15, -0.1) is 11.8 Å². The summed E-state index contributed by atoms with van der Waals surface area (Å²) in [5.41, 5.74) is 4.03. The van der Waals surface area contributed by atoms with Gasteiger partial charge in [0.15, 0.2) is 5.13 Å². The zero-order valence-corrected chi connectivity index (χ0v) is 20.5. The first kappa shape index (κ1) is 22.6. The lowest BCUT2D eigenvalue weighted by Gasteiger charge is -2.20. The van der Waals surface area contributed by atoms with E-state index in [9.17, 15) is 4.79 Å². The van der Waals surface area contributed by atoms with Crippen LogP contribution in [0.1, 0.15) is 41.8 Å². The van der Waals surface area contributed by atoms with Gasteiger partial charge in [0.2, 0.25) is 0 Å². The molecule has 0 atom stereocenters. The third-order valence-electron chi connectivity index (χ3n) is 5.12. The molecule has 0 saturated heterocycles. The van der Waals surface area contributed by atoms with Crippen LogP contribution in [0, 0.1) is 13.8 Å². The SMILES string of the molecule is Cc1cc(C)c2sc(N(CCCn3ccnc3)C(=O)c3ccc(SC(C)C)cc3)nc2c1. The first-order valence-electron chi connectivity index (χ1n) is 10.8. The molecule has 2 aromatic carbocycles. The highest BCUT2D eigenvalue weighted by Crippen LogP contribution is 2.33. The Bertz CT molecular complexity index is 1200. The zero-order chi connectivity index (χ0) is 22.7. The van der Waals surface area contributed by atoms with E-state index < -0.39 is 0 Å². The van der Waals surface area contributed by atoms with Crippen LogP contribution in [-0.4, -0.2) is 32.2 Å². The molecular weight excluding hydrogens is 436 g/mol. The molecule has 166 valence electrons. The molecule has 4 aromatic rings. The van der Waals surface area contributed by atoms with Gasteiger partial charge in [0, 0.05) is 41.2 Å². The second-order valence-corrected chi connectivity index (χ2v) is 10.9. The van der Waals surface area contributed by atoms with Crippen LogP contribution in [0.15, 0.2) is 60.0 Å². The van der Waals surface area contributed by atoms with E-state index in [0.29, 0.717) is 17.4 Å². The summed E-state index contributed by atoms with van der Waals surface area (Å²) in [7, 11) is 0. The number of aromatic nitrogens is 3. The molecule has 0 unspecified atom stereocenters. The molecule has 0 aliphatic heterocycles. The standard InChI is InChI=1S/C25H28N4OS2/c1-17(2)31-21-8-6-20(7-9-21)24(30)29(12-5-11-28-13-10-26-16-28)25-27-22-15-18(3)14-19(4)23(22)32-25/h6-10,13-17H,5,11-12H2,1-4H3. The number of aryl methyl sites for hydroxylation is 3. The Hall–Kier alpha value is -2.64. The monoisotopic (exact) mass is 464 g/mol. The Kier molecular flexibility index (Phi) is 6.96. The number of thioether (sulfide) groups is 1. The smallest absolute Gasteiger partial charge is 0.260 e. The highest BCUT2D eigenvalue weighted by molar-refractivity contribution is 7.99. The van der Waals surface area contributed by atoms with Crippen molar-refractivity contribution in [3.63, 3.8) is 0 Å². The van der Waals surface area contributed by atoms with Crippen molar-refractivity contribution in [2.45, 2.75) is 50.8 Å². The molecule has 0 aliphatic carbocycles. The Morgan fingerprint density at radius 3 is 2.66 bits per heavy atom. The maximum atomic E-state index is 13.6. The summed E-state index contributed by atoms with van der Waals surface area (Å²) in [5, 5.41) is 1.26. The van der Waals surface area contributed by atoms with Gasteiger partial charge in [0.25, 0.3) is 5.91 Å². The molecule has 1 amide bonds. The number of nitrogens with zero attached hydrogens (tertiary/aromatic N) is 4. The van der Waals surface area contributed by atoms with Gasteiger partial charge in [-0.1, -0.05) is 31.3 Å². The van der Waals surface area contributed by atoms with Crippen molar-refractivity contribution in [2.24, 2.45) is 0 Å². The molecule has 5 nitrogen and oxygen atoms in total. The number of anilines is 1. The quantitative estimate of drug-likeness (QED) is 0.285. The average molecular weight is 465 g/mol. The maximum absolute atomic E-state index is 13.6. The second kappa shape index (κ2) is 9.88. The number of carbonyl (C=O) groups excluding carboxylic acids is 1. The molecule has 7 heteroatoms. The third kappa shape index (κ3) is 5.22. The zero-order valence-electron chi connectivity index (χ0n) is 18.9. The molecule has 0 saturated carbocycles. The minimum absolute atomic E-state index is 0.00911. The van der Waals surface area contributed by atoms with Gasteiger partial charge in [-0.25, -0.2) is 9.97 Å². The van der Waals surface area contributed by atoms with Crippen molar-refractivity contribution < 1.29 is 4.79 Å². The van der Waals surface area contributed by atoms with Gasteiger partial charge in [-0.3, -0.25) is 9.69 Å². The summed E-state index contributed by atoms with van der Waals surface area (Å²) >= 11 is 3.39. The van der Waals surface area contributed by atoms with Crippen molar-refractivity contribution >= 4 is 44.4 Å². The van der Waals surface area contributed by atoms with Crippen LogP contribution in [0.4, 0.5) is 5.13 Å². The van der Waals surface area contributed by atoms with Crippen LogP contribution in [0.2, 0.25) is 0 Å². The van der Waals surface area contributed by atoms with Gasteiger partial charge >= 0.3 is 0 Å². The largest absolute Gasteiger partial charge is 0.337 e. The van der Waals surface area contributed by atoms with Crippen LogP contribution >= 0.6 is 23.1 Å². The first-order chi connectivity index (χ1) is 15.4. The predicted octanol–water partition coefficient (Wildman–Crippen LogP) is 6.35. The van der Waals surface area contributed by atoms with Crippen LogP contribution in [0.3, 0.4) is 0 Å². The molecule has 2 aromatic heterocycles. The third-order valence-corrected chi connectivity index (χ3v) is 7.36. The van der Waals surface area contributed by atoms with E-state index in [2.05, 4.69) is 44.8 Å². The molecular formula is C25H28N4OS2. The van der Waals surface area contributed by atoms with E-state index in [0.717, 1.165) is 28.3 Å². The lowest BCUT2D eigenvalue weighted by molar-refractivity contribution is 0.0986. The highest BCUT2D eigenvalue weighted by atomic mass is 32.2. The summed E-state index contributed by atoms with van der Waals surface area (Å²) in [5.74, 6) is -0.00911. The Labute approximate surface area is 197 Å². The normalized spacial score (nSPS) is 11.4. The minimum Gasteiger partial charge on any atom is -0.337 e. The topological polar surface area (TPSA) is 51.0 Å². The van der Waals surface area contributed by atoms with Gasteiger partial charge in [-0.05, 0) is 61.7 Å². The number of hydrogen-bond donors (Lipinski definition) is 0. The number of carbonyl (C=O) groups is 1. The number of rotatable bonds is 8. The Balaban J connectivity index is 1.62. The molecule has 0 spiro atoms. The minimum atomic E-state index is -0.00911.